The Morgan fingerprint density at radius 3 is 1.45 bits per heavy atom. The molecule has 0 amide bonds. The van der Waals surface area contributed by atoms with Gasteiger partial charge >= 0.3 is 23.3 Å². The molecular formula is C10H3Br2F9S. The zero-order chi connectivity index (χ0) is 17.6. The topological polar surface area (TPSA) is 0 Å². The van der Waals surface area contributed by atoms with Crippen molar-refractivity contribution in [3.05, 3.63) is 27.1 Å². The van der Waals surface area contributed by atoms with Gasteiger partial charge in [0.25, 0.3) is 0 Å². The Kier molecular flexibility index (Phi) is 5.51. The van der Waals surface area contributed by atoms with E-state index in [1.54, 1.807) is 0 Å². The van der Waals surface area contributed by atoms with E-state index in [2.05, 4.69) is 31.9 Å². The molecule has 126 valence electrons. The molecule has 0 nitrogen and oxygen atoms in total. The minimum atomic E-state index is -6.89. The van der Waals surface area contributed by atoms with Crippen molar-refractivity contribution >= 4 is 43.6 Å². The molecule has 1 rings (SSSR count). The van der Waals surface area contributed by atoms with E-state index in [0.717, 1.165) is 12.1 Å². The minimum absolute atomic E-state index is 0.131. The van der Waals surface area contributed by atoms with Crippen molar-refractivity contribution < 1.29 is 39.5 Å². The fraction of sp³-hybridized carbons (Fsp3) is 0.400. The lowest BCUT2D eigenvalue weighted by Gasteiger charge is -2.33. The van der Waals surface area contributed by atoms with Crippen molar-refractivity contribution in [3.8, 4) is 0 Å². The van der Waals surface area contributed by atoms with E-state index in [9.17, 15) is 39.5 Å². The SMILES string of the molecule is FC(F)(F)C(F)(F)C(F)(F)C(F)(F)Sc1cc(Br)cc(Br)c1. The lowest BCUT2D eigenvalue weighted by Crippen LogP contribution is -2.59. The number of halogens is 11. The van der Waals surface area contributed by atoms with E-state index in [1.165, 1.54) is 6.07 Å². The number of benzene rings is 1. The average molecular weight is 486 g/mol. The summed E-state index contributed by atoms with van der Waals surface area (Å²) >= 11 is 4.58. The molecule has 0 aliphatic rings. The van der Waals surface area contributed by atoms with Gasteiger partial charge < -0.3 is 0 Å². The number of alkyl halides is 9. The summed E-state index contributed by atoms with van der Waals surface area (Å²) in [4.78, 5) is -0.635. The molecule has 0 radical (unpaired) electrons. The number of rotatable bonds is 4. The van der Waals surface area contributed by atoms with Gasteiger partial charge in [0.1, 0.15) is 0 Å². The summed E-state index contributed by atoms with van der Waals surface area (Å²) in [6.07, 6.45) is -6.82. The zero-order valence-electron chi connectivity index (χ0n) is 9.80. The molecule has 12 heteroatoms. The fourth-order valence-electron chi connectivity index (χ4n) is 1.16. The Morgan fingerprint density at radius 1 is 0.682 bits per heavy atom. The van der Waals surface area contributed by atoms with Crippen molar-refractivity contribution in [1.82, 2.24) is 0 Å². The highest BCUT2D eigenvalue weighted by Crippen LogP contribution is 2.58. The van der Waals surface area contributed by atoms with Gasteiger partial charge in [0.05, 0.1) is 0 Å². The van der Waals surface area contributed by atoms with Crippen LogP contribution in [0.1, 0.15) is 0 Å². The van der Waals surface area contributed by atoms with Gasteiger partial charge in [0, 0.05) is 13.8 Å². The Hall–Kier alpha value is -0.100. The molecule has 0 heterocycles. The molecule has 0 fully saturated rings. The summed E-state index contributed by atoms with van der Waals surface area (Å²) in [7, 11) is 0. The number of hydrogen-bond acceptors (Lipinski definition) is 1. The average Bonchev–Trinajstić information content (AvgIpc) is 2.24. The molecule has 1 aromatic carbocycles. The molecule has 1 aromatic rings. The molecule has 0 saturated heterocycles. The van der Waals surface area contributed by atoms with Gasteiger partial charge in [-0.3, -0.25) is 0 Å². The quantitative estimate of drug-likeness (QED) is 0.336. The predicted octanol–water partition coefficient (Wildman–Crippen LogP) is 6.73. The Labute approximate surface area is 138 Å². The van der Waals surface area contributed by atoms with Gasteiger partial charge in [-0.05, 0) is 30.0 Å². The first-order valence-corrected chi connectivity index (χ1v) is 7.37. The first kappa shape index (κ1) is 19.9. The summed E-state index contributed by atoms with van der Waals surface area (Å²) in [5, 5.41) is -5.70. The molecule has 22 heavy (non-hydrogen) atoms. The van der Waals surface area contributed by atoms with E-state index in [1.807, 2.05) is 0 Å². The van der Waals surface area contributed by atoms with E-state index in [4.69, 9.17) is 0 Å². The Morgan fingerprint density at radius 2 is 1.09 bits per heavy atom. The molecule has 0 aromatic heterocycles. The summed E-state index contributed by atoms with van der Waals surface area (Å²) in [6, 6.07) is 3.06. The van der Waals surface area contributed by atoms with Crippen LogP contribution in [0.5, 0.6) is 0 Å². The number of thioether (sulfide) groups is 1. The summed E-state index contributed by atoms with van der Waals surface area (Å²) < 4.78 is 114. The molecule has 0 saturated carbocycles. The lowest BCUT2D eigenvalue weighted by molar-refractivity contribution is -0.381. The third-order valence-corrected chi connectivity index (χ3v) is 4.10. The smallest absolute Gasteiger partial charge is 0.191 e. The van der Waals surface area contributed by atoms with E-state index < -0.39 is 39.9 Å². The van der Waals surface area contributed by atoms with Gasteiger partial charge in [0.2, 0.25) is 0 Å². The summed E-state index contributed by atoms with van der Waals surface area (Å²) in [5.74, 6) is -13.5. The first-order valence-electron chi connectivity index (χ1n) is 4.97. The highest BCUT2D eigenvalue weighted by Gasteiger charge is 2.82. The van der Waals surface area contributed by atoms with Gasteiger partial charge in [-0.1, -0.05) is 31.9 Å². The van der Waals surface area contributed by atoms with Crippen LogP contribution in [0, 0.1) is 0 Å². The second-order valence-corrected chi connectivity index (χ2v) is 6.89. The molecule has 0 spiro atoms. The minimum Gasteiger partial charge on any atom is -0.191 e. The van der Waals surface area contributed by atoms with Gasteiger partial charge in [-0.25, -0.2) is 0 Å². The predicted molar refractivity (Wildman–Crippen MR) is 68.6 cm³/mol. The van der Waals surface area contributed by atoms with Gasteiger partial charge in [-0.15, -0.1) is 0 Å². The molecular weight excluding hydrogens is 483 g/mol. The highest BCUT2D eigenvalue weighted by atomic mass is 79.9. The van der Waals surface area contributed by atoms with Crippen LogP contribution in [0.25, 0.3) is 0 Å². The van der Waals surface area contributed by atoms with Crippen LogP contribution < -0.4 is 0 Å². The van der Waals surface area contributed by atoms with Crippen molar-refractivity contribution in [1.29, 1.82) is 0 Å². The number of hydrogen-bond donors (Lipinski definition) is 0. The van der Waals surface area contributed by atoms with Crippen LogP contribution in [0.4, 0.5) is 39.5 Å². The van der Waals surface area contributed by atoms with Crippen molar-refractivity contribution in [2.75, 3.05) is 0 Å². The molecule has 0 aliphatic carbocycles. The second-order valence-electron chi connectivity index (χ2n) is 3.87. The van der Waals surface area contributed by atoms with E-state index >= 15 is 0 Å². The molecule has 0 bridgehead atoms. The molecule has 0 N–H and O–H groups in total. The van der Waals surface area contributed by atoms with Crippen molar-refractivity contribution in [2.24, 2.45) is 0 Å². The first-order chi connectivity index (χ1) is 9.62. The fourth-order valence-corrected chi connectivity index (χ4v) is 3.68. The Bertz CT molecular complexity index is 536. The van der Waals surface area contributed by atoms with Crippen molar-refractivity contribution in [3.63, 3.8) is 0 Å². The van der Waals surface area contributed by atoms with Crippen LogP contribution in [-0.4, -0.2) is 23.3 Å². The summed E-state index contributed by atoms with van der Waals surface area (Å²) in [6.45, 7) is 0. The zero-order valence-corrected chi connectivity index (χ0v) is 13.8. The van der Waals surface area contributed by atoms with Crippen LogP contribution in [-0.2, 0) is 0 Å². The lowest BCUT2D eigenvalue weighted by atomic mass is 10.1. The van der Waals surface area contributed by atoms with E-state index in [0.29, 0.717) is 0 Å². The second kappa shape index (κ2) is 6.08. The van der Waals surface area contributed by atoms with E-state index in [-0.39, 0.29) is 8.95 Å². The normalized spacial score (nSPS) is 14.3. The van der Waals surface area contributed by atoms with Crippen LogP contribution in [0.15, 0.2) is 32.0 Å². The van der Waals surface area contributed by atoms with Gasteiger partial charge in [0.15, 0.2) is 0 Å². The Balaban J connectivity index is 3.21. The van der Waals surface area contributed by atoms with Crippen LogP contribution >= 0.6 is 43.6 Å². The third kappa shape index (κ3) is 3.69. The monoisotopic (exact) mass is 484 g/mol. The largest absolute Gasteiger partial charge is 0.460 e. The molecule has 0 aliphatic heterocycles. The highest BCUT2D eigenvalue weighted by molar-refractivity contribution is 9.11. The maximum atomic E-state index is 13.4. The van der Waals surface area contributed by atoms with Crippen LogP contribution in [0.2, 0.25) is 0 Å². The molecule has 0 atom stereocenters. The van der Waals surface area contributed by atoms with Crippen molar-refractivity contribution in [2.45, 2.75) is 28.2 Å². The van der Waals surface area contributed by atoms with Gasteiger partial charge in [-0.2, -0.15) is 39.5 Å². The standard InChI is InChI=1S/C10H3Br2F9S/c11-4-1-5(12)3-6(2-4)22-10(20,21)8(15,16)7(13,14)9(17,18)19/h1-3H. The van der Waals surface area contributed by atoms with Crippen LogP contribution in [0.3, 0.4) is 0 Å². The third-order valence-electron chi connectivity index (χ3n) is 2.20. The summed E-state index contributed by atoms with van der Waals surface area (Å²) in [5.41, 5.74) is 0. The molecule has 0 unspecified atom stereocenters. The maximum Gasteiger partial charge on any atom is 0.460 e. The maximum absolute atomic E-state index is 13.4.